The molecule has 1 amide bonds. The molecule has 3 heterocycles. The van der Waals surface area contributed by atoms with Crippen LogP contribution in [0.2, 0.25) is 0 Å². The molecule has 0 atom stereocenters. The summed E-state index contributed by atoms with van der Waals surface area (Å²) >= 11 is 1.40. The van der Waals surface area contributed by atoms with Crippen molar-refractivity contribution in [1.82, 2.24) is 19.4 Å². The number of rotatable bonds is 6. The van der Waals surface area contributed by atoms with E-state index < -0.39 is 0 Å². The van der Waals surface area contributed by atoms with Gasteiger partial charge in [-0.3, -0.25) is 19.1 Å². The first-order valence-electron chi connectivity index (χ1n) is 11.3. The summed E-state index contributed by atoms with van der Waals surface area (Å²) < 4.78 is 7.21. The van der Waals surface area contributed by atoms with Crippen molar-refractivity contribution in [3.63, 3.8) is 0 Å². The lowest BCUT2D eigenvalue weighted by Gasteiger charge is -2.34. The fourth-order valence-electron chi connectivity index (χ4n) is 4.20. The Balaban J connectivity index is 1.25. The molecule has 2 aromatic carbocycles. The lowest BCUT2D eigenvalue weighted by molar-refractivity contribution is -0.133. The summed E-state index contributed by atoms with van der Waals surface area (Å²) in [5.41, 5.74) is 2.75. The second-order valence-electron chi connectivity index (χ2n) is 8.37. The van der Waals surface area contributed by atoms with Gasteiger partial charge in [-0.15, -0.1) is 11.3 Å². The van der Waals surface area contributed by atoms with Gasteiger partial charge in [0, 0.05) is 37.6 Å². The van der Waals surface area contributed by atoms with E-state index in [-0.39, 0.29) is 18.0 Å². The molecule has 1 saturated heterocycles. The summed E-state index contributed by atoms with van der Waals surface area (Å²) in [5.74, 6) is 0.735. The fourth-order valence-corrected chi connectivity index (χ4v) is 5.26. The number of thiophene rings is 1. The molecule has 1 aliphatic heterocycles. The molecule has 5 rings (SSSR count). The Morgan fingerprint density at radius 1 is 1.03 bits per heavy atom. The standard InChI is InChI=1S/C26H26N4O3S/c1-33-21-9-7-20(8-10-21)23-15-22-25(34-23)26(32)30(18-27-22)17-24(31)29-13-11-28(12-14-29)16-19-5-3-2-4-6-19/h2-10,15,18H,11-14,16-17H2,1H3. The molecule has 0 aliphatic carbocycles. The number of nitrogens with zero attached hydrogens (tertiary/aromatic N) is 4. The molecule has 7 nitrogen and oxygen atoms in total. The largest absolute Gasteiger partial charge is 0.497 e. The monoisotopic (exact) mass is 474 g/mol. The third-order valence-electron chi connectivity index (χ3n) is 6.16. The van der Waals surface area contributed by atoms with Crippen LogP contribution in [0, 0.1) is 0 Å². The van der Waals surface area contributed by atoms with Gasteiger partial charge in [0.1, 0.15) is 17.0 Å². The quantitative estimate of drug-likeness (QED) is 0.428. The summed E-state index contributed by atoms with van der Waals surface area (Å²) in [5, 5.41) is 0. The molecule has 4 aromatic rings. The van der Waals surface area contributed by atoms with Gasteiger partial charge in [-0.05, 0) is 41.5 Å². The highest BCUT2D eigenvalue weighted by Gasteiger charge is 2.22. The fraction of sp³-hybridized carbons (Fsp3) is 0.269. The second-order valence-corrected chi connectivity index (χ2v) is 9.43. The number of piperazine rings is 1. The van der Waals surface area contributed by atoms with Crippen LogP contribution in [0.15, 0.2) is 71.8 Å². The zero-order valence-electron chi connectivity index (χ0n) is 19.0. The van der Waals surface area contributed by atoms with Crippen molar-refractivity contribution in [3.8, 4) is 16.2 Å². The van der Waals surface area contributed by atoms with Crippen LogP contribution in [-0.4, -0.2) is 58.5 Å². The number of hydrogen-bond acceptors (Lipinski definition) is 6. The number of amides is 1. The van der Waals surface area contributed by atoms with Gasteiger partial charge in [0.25, 0.3) is 5.56 Å². The predicted octanol–water partition coefficient (Wildman–Crippen LogP) is 3.48. The van der Waals surface area contributed by atoms with Crippen molar-refractivity contribution in [3.05, 3.63) is 82.9 Å². The molecule has 1 aliphatic rings. The molecular weight excluding hydrogens is 448 g/mol. The Labute approximate surface area is 201 Å². The van der Waals surface area contributed by atoms with Crippen LogP contribution in [0.5, 0.6) is 5.75 Å². The van der Waals surface area contributed by atoms with E-state index in [2.05, 4.69) is 22.0 Å². The topological polar surface area (TPSA) is 67.7 Å². The molecule has 34 heavy (non-hydrogen) atoms. The molecule has 0 saturated carbocycles. The number of carbonyl (C=O) groups excluding carboxylic acids is 1. The van der Waals surface area contributed by atoms with Crippen molar-refractivity contribution in [1.29, 1.82) is 0 Å². The van der Waals surface area contributed by atoms with E-state index in [4.69, 9.17) is 4.74 Å². The smallest absolute Gasteiger partial charge is 0.271 e. The van der Waals surface area contributed by atoms with Gasteiger partial charge in [0.05, 0.1) is 19.0 Å². The van der Waals surface area contributed by atoms with Crippen molar-refractivity contribution in [2.24, 2.45) is 0 Å². The maximum atomic E-state index is 13.1. The number of hydrogen-bond donors (Lipinski definition) is 0. The van der Waals surface area contributed by atoms with Crippen molar-refractivity contribution in [2.45, 2.75) is 13.1 Å². The van der Waals surface area contributed by atoms with Gasteiger partial charge >= 0.3 is 0 Å². The molecular formula is C26H26N4O3S. The van der Waals surface area contributed by atoms with Gasteiger partial charge in [0.15, 0.2) is 0 Å². The Hall–Kier alpha value is -3.49. The van der Waals surface area contributed by atoms with Crippen LogP contribution in [0.4, 0.5) is 0 Å². The van der Waals surface area contributed by atoms with Crippen molar-refractivity contribution in [2.75, 3.05) is 33.3 Å². The second kappa shape index (κ2) is 9.79. The summed E-state index contributed by atoms with van der Waals surface area (Å²) in [6.45, 7) is 3.87. The predicted molar refractivity (Wildman–Crippen MR) is 134 cm³/mol. The first-order valence-corrected chi connectivity index (χ1v) is 12.1. The lowest BCUT2D eigenvalue weighted by atomic mass is 10.2. The Morgan fingerprint density at radius 3 is 2.47 bits per heavy atom. The highest BCUT2D eigenvalue weighted by atomic mass is 32.1. The minimum Gasteiger partial charge on any atom is -0.497 e. The van der Waals surface area contributed by atoms with Crippen LogP contribution in [0.3, 0.4) is 0 Å². The number of methoxy groups -OCH3 is 1. The lowest BCUT2D eigenvalue weighted by Crippen LogP contribution is -2.49. The number of aromatic nitrogens is 2. The molecule has 0 spiro atoms. The highest BCUT2D eigenvalue weighted by molar-refractivity contribution is 7.22. The molecule has 0 unspecified atom stereocenters. The normalized spacial score (nSPS) is 14.4. The number of benzene rings is 2. The van der Waals surface area contributed by atoms with Crippen LogP contribution < -0.4 is 10.3 Å². The number of carbonyl (C=O) groups is 1. The van der Waals surface area contributed by atoms with Crippen molar-refractivity contribution >= 4 is 27.5 Å². The Morgan fingerprint density at radius 2 is 1.76 bits per heavy atom. The summed E-state index contributed by atoms with van der Waals surface area (Å²) in [6, 6.07) is 20.0. The zero-order chi connectivity index (χ0) is 23.5. The molecule has 0 bridgehead atoms. The van der Waals surface area contributed by atoms with E-state index in [0.717, 1.165) is 35.8 Å². The van der Waals surface area contributed by atoms with Gasteiger partial charge in [-0.25, -0.2) is 4.98 Å². The highest BCUT2D eigenvalue weighted by Crippen LogP contribution is 2.31. The number of fused-ring (bicyclic) bond motifs is 1. The average Bonchev–Trinajstić information content (AvgIpc) is 3.32. The Kier molecular flexibility index (Phi) is 6.42. The zero-order valence-corrected chi connectivity index (χ0v) is 19.8. The van der Waals surface area contributed by atoms with Crippen LogP contribution in [-0.2, 0) is 17.9 Å². The molecule has 0 radical (unpaired) electrons. The minimum atomic E-state index is -0.175. The number of ether oxygens (including phenoxy) is 1. The van der Waals surface area contributed by atoms with Crippen LogP contribution in [0.25, 0.3) is 20.7 Å². The third kappa shape index (κ3) is 4.73. The van der Waals surface area contributed by atoms with E-state index in [0.29, 0.717) is 23.3 Å². The average molecular weight is 475 g/mol. The van der Waals surface area contributed by atoms with E-state index in [1.807, 2.05) is 53.4 Å². The first kappa shape index (κ1) is 22.3. The van der Waals surface area contributed by atoms with Gasteiger partial charge in [-0.1, -0.05) is 30.3 Å². The van der Waals surface area contributed by atoms with Crippen LogP contribution in [0.1, 0.15) is 5.56 Å². The third-order valence-corrected chi connectivity index (χ3v) is 7.32. The van der Waals surface area contributed by atoms with Gasteiger partial charge in [-0.2, -0.15) is 0 Å². The maximum absolute atomic E-state index is 13.1. The van der Waals surface area contributed by atoms with E-state index in [9.17, 15) is 9.59 Å². The molecule has 1 fully saturated rings. The van der Waals surface area contributed by atoms with E-state index >= 15 is 0 Å². The SMILES string of the molecule is COc1ccc(-c2cc3ncn(CC(=O)N4CCN(Cc5ccccc5)CC4)c(=O)c3s2)cc1. The molecule has 8 heteroatoms. The Bertz CT molecular complexity index is 1340. The first-order chi connectivity index (χ1) is 16.6. The van der Waals surface area contributed by atoms with Crippen LogP contribution >= 0.6 is 11.3 Å². The van der Waals surface area contributed by atoms with E-state index in [1.54, 1.807) is 7.11 Å². The van der Waals surface area contributed by atoms with Crippen molar-refractivity contribution < 1.29 is 9.53 Å². The summed E-state index contributed by atoms with van der Waals surface area (Å²) in [4.78, 5) is 35.6. The molecule has 0 N–H and O–H groups in total. The van der Waals surface area contributed by atoms with Gasteiger partial charge in [0.2, 0.25) is 5.91 Å². The van der Waals surface area contributed by atoms with Gasteiger partial charge < -0.3 is 9.64 Å². The summed E-state index contributed by atoms with van der Waals surface area (Å²) in [7, 11) is 1.63. The minimum absolute atomic E-state index is 0.0101. The van der Waals surface area contributed by atoms with E-state index in [1.165, 1.54) is 27.8 Å². The molecule has 2 aromatic heterocycles. The molecule has 174 valence electrons. The maximum Gasteiger partial charge on any atom is 0.271 e. The summed E-state index contributed by atoms with van der Waals surface area (Å²) in [6.07, 6.45) is 1.48.